The van der Waals surface area contributed by atoms with E-state index in [1.165, 1.54) is 70.6 Å². The van der Waals surface area contributed by atoms with Gasteiger partial charge in [0.25, 0.3) is 0 Å². The standard InChI is InChI=1S/C25H49NO2/c1-5-7-9-11-13-15-17-20-24(21-18-16-14-12-10-8-6-2)28-25(27)22-19-23-26(3)4/h15,17,24H,5-14,16,18-23H2,1-4H3/b17-15+. The number of hydrogen-bond donors (Lipinski definition) is 0. The Morgan fingerprint density at radius 3 is 2.07 bits per heavy atom. The quantitative estimate of drug-likeness (QED) is 0.123. The molecule has 0 amide bonds. The van der Waals surface area contributed by atoms with Gasteiger partial charge in [-0.3, -0.25) is 4.79 Å². The van der Waals surface area contributed by atoms with Gasteiger partial charge in [-0.15, -0.1) is 0 Å². The molecule has 0 saturated heterocycles. The van der Waals surface area contributed by atoms with Gasteiger partial charge in [-0.2, -0.15) is 0 Å². The van der Waals surface area contributed by atoms with Crippen LogP contribution in [0.5, 0.6) is 0 Å². The van der Waals surface area contributed by atoms with Crippen LogP contribution in [0.25, 0.3) is 0 Å². The summed E-state index contributed by atoms with van der Waals surface area (Å²) in [6.45, 7) is 5.45. The van der Waals surface area contributed by atoms with Crippen LogP contribution in [0.2, 0.25) is 0 Å². The molecule has 28 heavy (non-hydrogen) atoms. The summed E-state index contributed by atoms with van der Waals surface area (Å²) in [5, 5.41) is 0. The number of allylic oxidation sites excluding steroid dienone is 1. The van der Waals surface area contributed by atoms with Crippen molar-refractivity contribution in [1.82, 2.24) is 4.90 Å². The van der Waals surface area contributed by atoms with Gasteiger partial charge in [-0.25, -0.2) is 0 Å². The van der Waals surface area contributed by atoms with Crippen LogP contribution in [-0.2, 0) is 9.53 Å². The Morgan fingerprint density at radius 1 is 0.821 bits per heavy atom. The first-order valence-electron chi connectivity index (χ1n) is 12.1. The molecule has 0 aromatic heterocycles. The summed E-state index contributed by atoms with van der Waals surface area (Å²) in [7, 11) is 4.08. The number of ether oxygens (including phenoxy) is 1. The zero-order chi connectivity index (χ0) is 20.9. The number of rotatable bonds is 20. The topological polar surface area (TPSA) is 29.5 Å². The lowest BCUT2D eigenvalue weighted by Gasteiger charge is -2.17. The Hall–Kier alpha value is -0.830. The largest absolute Gasteiger partial charge is 0.462 e. The Balaban J connectivity index is 4.14. The molecular weight excluding hydrogens is 346 g/mol. The third-order valence-corrected chi connectivity index (χ3v) is 5.20. The number of nitrogens with zero attached hydrogens (tertiary/aromatic N) is 1. The van der Waals surface area contributed by atoms with Crippen LogP contribution in [0.15, 0.2) is 12.2 Å². The van der Waals surface area contributed by atoms with Crippen molar-refractivity contribution >= 4 is 5.97 Å². The van der Waals surface area contributed by atoms with Gasteiger partial charge in [-0.05, 0) is 52.7 Å². The molecule has 0 aliphatic rings. The van der Waals surface area contributed by atoms with Crippen molar-refractivity contribution in [3.8, 4) is 0 Å². The molecule has 0 aromatic rings. The van der Waals surface area contributed by atoms with Crippen LogP contribution >= 0.6 is 0 Å². The number of unbranched alkanes of at least 4 members (excludes halogenated alkanes) is 10. The smallest absolute Gasteiger partial charge is 0.306 e. The molecule has 0 aliphatic carbocycles. The van der Waals surface area contributed by atoms with Crippen LogP contribution in [0.3, 0.4) is 0 Å². The summed E-state index contributed by atoms with van der Waals surface area (Å²) in [5.41, 5.74) is 0. The van der Waals surface area contributed by atoms with Crippen molar-refractivity contribution in [2.45, 2.75) is 123 Å². The molecule has 0 bridgehead atoms. The van der Waals surface area contributed by atoms with E-state index in [1.807, 2.05) is 14.1 Å². The first-order chi connectivity index (χ1) is 13.6. The second-order valence-electron chi connectivity index (χ2n) is 8.49. The first kappa shape index (κ1) is 27.2. The Labute approximate surface area is 176 Å². The lowest BCUT2D eigenvalue weighted by molar-refractivity contribution is -0.149. The first-order valence-corrected chi connectivity index (χ1v) is 12.1. The summed E-state index contributed by atoms with van der Waals surface area (Å²) in [4.78, 5) is 14.3. The highest BCUT2D eigenvalue weighted by Crippen LogP contribution is 2.15. The molecule has 3 heteroatoms. The van der Waals surface area contributed by atoms with Crippen molar-refractivity contribution < 1.29 is 9.53 Å². The number of carbonyl (C=O) groups excluding carboxylic acids is 1. The van der Waals surface area contributed by atoms with Crippen molar-refractivity contribution in [2.75, 3.05) is 20.6 Å². The van der Waals surface area contributed by atoms with Gasteiger partial charge in [0, 0.05) is 12.8 Å². The molecular formula is C25H49NO2. The number of esters is 1. The minimum atomic E-state index is -0.0221. The molecule has 0 heterocycles. The average molecular weight is 396 g/mol. The van der Waals surface area contributed by atoms with Crippen LogP contribution in [-0.4, -0.2) is 37.6 Å². The van der Waals surface area contributed by atoms with Gasteiger partial charge in [0.05, 0.1) is 0 Å². The number of hydrogen-bond acceptors (Lipinski definition) is 3. The van der Waals surface area contributed by atoms with Crippen molar-refractivity contribution in [2.24, 2.45) is 0 Å². The molecule has 1 atom stereocenters. The SMILES string of the molecule is CCCCCC/C=C/CC(CCCCCCCCC)OC(=O)CCCN(C)C. The van der Waals surface area contributed by atoms with Crippen molar-refractivity contribution in [1.29, 1.82) is 0 Å². The van der Waals surface area contributed by atoms with Crippen LogP contribution in [0.1, 0.15) is 117 Å². The van der Waals surface area contributed by atoms with E-state index in [2.05, 4.69) is 30.9 Å². The molecule has 3 nitrogen and oxygen atoms in total. The Morgan fingerprint density at radius 2 is 1.43 bits per heavy atom. The highest BCUT2D eigenvalue weighted by Gasteiger charge is 2.13. The van der Waals surface area contributed by atoms with Crippen LogP contribution in [0, 0.1) is 0 Å². The van der Waals surface area contributed by atoms with Crippen molar-refractivity contribution in [3.05, 3.63) is 12.2 Å². The second kappa shape index (κ2) is 20.9. The van der Waals surface area contributed by atoms with Gasteiger partial charge < -0.3 is 9.64 Å². The van der Waals surface area contributed by atoms with Crippen LogP contribution in [0.4, 0.5) is 0 Å². The maximum Gasteiger partial charge on any atom is 0.306 e. The summed E-state index contributed by atoms with van der Waals surface area (Å²) < 4.78 is 5.81. The average Bonchev–Trinajstić information content (AvgIpc) is 2.66. The molecule has 166 valence electrons. The van der Waals surface area contributed by atoms with E-state index >= 15 is 0 Å². The third-order valence-electron chi connectivity index (χ3n) is 5.20. The fourth-order valence-electron chi connectivity index (χ4n) is 3.39. The fraction of sp³-hybridized carbons (Fsp3) is 0.880. The maximum absolute atomic E-state index is 12.2. The normalized spacial score (nSPS) is 12.8. The van der Waals surface area contributed by atoms with E-state index in [0.29, 0.717) is 6.42 Å². The predicted octanol–water partition coefficient (Wildman–Crippen LogP) is 7.30. The van der Waals surface area contributed by atoms with Gasteiger partial charge in [0.2, 0.25) is 0 Å². The second-order valence-corrected chi connectivity index (χ2v) is 8.49. The summed E-state index contributed by atoms with van der Waals surface area (Å²) in [6, 6.07) is 0. The molecule has 0 aliphatic heterocycles. The monoisotopic (exact) mass is 395 g/mol. The number of carbonyl (C=O) groups is 1. The highest BCUT2D eigenvalue weighted by molar-refractivity contribution is 5.69. The lowest BCUT2D eigenvalue weighted by atomic mass is 10.0. The molecule has 1 unspecified atom stereocenters. The van der Waals surface area contributed by atoms with Gasteiger partial charge >= 0.3 is 5.97 Å². The minimum absolute atomic E-state index is 0.0221. The van der Waals surface area contributed by atoms with E-state index in [0.717, 1.165) is 32.2 Å². The zero-order valence-electron chi connectivity index (χ0n) is 19.5. The van der Waals surface area contributed by atoms with E-state index in [9.17, 15) is 4.79 Å². The molecule has 0 radical (unpaired) electrons. The molecule has 0 aromatic carbocycles. The lowest BCUT2D eigenvalue weighted by Crippen LogP contribution is -2.19. The summed E-state index contributed by atoms with van der Waals surface area (Å²) in [5.74, 6) is -0.0221. The van der Waals surface area contributed by atoms with Gasteiger partial charge in [-0.1, -0.05) is 83.8 Å². The molecule has 0 N–H and O–H groups in total. The maximum atomic E-state index is 12.2. The van der Waals surface area contributed by atoms with E-state index in [1.54, 1.807) is 0 Å². The predicted molar refractivity (Wildman–Crippen MR) is 123 cm³/mol. The fourth-order valence-corrected chi connectivity index (χ4v) is 3.39. The Kier molecular flexibility index (Phi) is 20.3. The van der Waals surface area contributed by atoms with E-state index in [-0.39, 0.29) is 12.1 Å². The van der Waals surface area contributed by atoms with Crippen LogP contribution < -0.4 is 0 Å². The van der Waals surface area contributed by atoms with Crippen molar-refractivity contribution in [3.63, 3.8) is 0 Å². The molecule has 0 fully saturated rings. The molecule has 0 rings (SSSR count). The minimum Gasteiger partial charge on any atom is -0.462 e. The third kappa shape index (κ3) is 19.9. The summed E-state index contributed by atoms with van der Waals surface area (Å²) >= 11 is 0. The van der Waals surface area contributed by atoms with Gasteiger partial charge in [0.15, 0.2) is 0 Å². The Bertz CT molecular complexity index is 366. The molecule has 0 saturated carbocycles. The van der Waals surface area contributed by atoms with Gasteiger partial charge in [0.1, 0.15) is 6.10 Å². The van der Waals surface area contributed by atoms with E-state index in [4.69, 9.17) is 4.74 Å². The van der Waals surface area contributed by atoms with E-state index < -0.39 is 0 Å². The zero-order valence-corrected chi connectivity index (χ0v) is 19.5. The summed E-state index contributed by atoms with van der Waals surface area (Å²) in [6.07, 6.45) is 23.4. The highest BCUT2D eigenvalue weighted by atomic mass is 16.5. The molecule has 0 spiro atoms.